The number of alkyl halides is 3. The summed E-state index contributed by atoms with van der Waals surface area (Å²) in [6.45, 7) is 1.10. The Morgan fingerprint density at radius 1 is 1.36 bits per heavy atom. The number of ether oxygens (including phenoxy) is 1. The fourth-order valence-electron chi connectivity index (χ4n) is 0.323. The van der Waals surface area contributed by atoms with Crippen molar-refractivity contribution < 1.29 is 27.5 Å². The summed E-state index contributed by atoms with van der Waals surface area (Å²) in [6, 6.07) is 0. The highest BCUT2D eigenvalue weighted by Gasteiger charge is 2.44. The summed E-state index contributed by atoms with van der Waals surface area (Å²) in [5.74, 6) is -4.28. The molecule has 0 amide bonds. The number of carbonyl (C=O) groups excluding carboxylic acids is 2. The molecule has 0 aliphatic carbocycles. The number of esters is 2. The molecule has 0 fully saturated rings. The maximum absolute atomic E-state index is 11.6. The first-order chi connectivity index (χ1) is 6.11. The highest BCUT2D eigenvalue weighted by molar-refractivity contribution is 7.80. The maximum atomic E-state index is 11.6. The van der Waals surface area contributed by atoms with E-state index in [2.05, 4.69) is 17.4 Å². The maximum Gasteiger partial charge on any atom is 0.491 e. The molecule has 0 saturated heterocycles. The van der Waals surface area contributed by atoms with Crippen LogP contribution in [0, 0.1) is 0 Å². The first-order valence-electron chi connectivity index (χ1n) is 3.34. The first kappa shape index (κ1) is 13.2. The zero-order valence-electron chi connectivity index (χ0n) is 7.09. The quantitative estimate of drug-likeness (QED) is 0.406. The molecule has 0 aromatic rings. The molecular formula is C6H8F3NO3S. The van der Waals surface area contributed by atoms with Crippen molar-refractivity contribution in [3.05, 3.63) is 0 Å². The van der Waals surface area contributed by atoms with E-state index in [-0.39, 0.29) is 5.75 Å². The Balaban J connectivity index is 4.43. The second-order valence-electron chi connectivity index (χ2n) is 2.75. The van der Waals surface area contributed by atoms with Crippen molar-refractivity contribution in [2.24, 2.45) is 5.73 Å². The van der Waals surface area contributed by atoms with Crippen molar-refractivity contribution >= 4 is 24.6 Å². The smallest absolute Gasteiger partial charge is 0.385 e. The van der Waals surface area contributed by atoms with E-state index in [1.54, 1.807) is 0 Å². The lowest BCUT2D eigenvalue weighted by Gasteiger charge is -2.18. The predicted molar refractivity (Wildman–Crippen MR) is 43.6 cm³/mol. The fourth-order valence-corrected chi connectivity index (χ4v) is 0.452. The van der Waals surface area contributed by atoms with Gasteiger partial charge in [0.2, 0.25) is 0 Å². The van der Waals surface area contributed by atoms with Crippen LogP contribution in [0.2, 0.25) is 0 Å². The van der Waals surface area contributed by atoms with E-state index < -0.39 is 23.7 Å². The average Bonchev–Trinajstić information content (AvgIpc) is 2.02. The second-order valence-corrected chi connectivity index (χ2v) is 3.07. The van der Waals surface area contributed by atoms with Crippen molar-refractivity contribution in [1.29, 1.82) is 0 Å². The van der Waals surface area contributed by atoms with Crippen molar-refractivity contribution in [2.75, 3.05) is 5.75 Å². The number of nitrogens with two attached hydrogens (primary N) is 1. The number of halogens is 3. The summed E-state index contributed by atoms with van der Waals surface area (Å²) >= 11 is 3.62. The number of hydrogen-bond donors (Lipinski definition) is 2. The van der Waals surface area contributed by atoms with Crippen LogP contribution in [0.25, 0.3) is 0 Å². The molecule has 82 valence electrons. The van der Waals surface area contributed by atoms with Crippen molar-refractivity contribution in [2.45, 2.75) is 18.6 Å². The molecular weight excluding hydrogens is 223 g/mol. The number of hydrogen-bond acceptors (Lipinski definition) is 5. The van der Waals surface area contributed by atoms with Gasteiger partial charge in [0.15, 0.2) is 0 Å². The third-order valence-corrected chi connectivity index (χ3v) is 1.87. The molecule has 2 N–H and O–H groups in total. The molecule has 0 spiro atoms. The summed E-state index contributed by atoms with van der Waals surface area (Å²) in [6.07, 6.45) is -5.21. The predicted octanol–water partition coefficient (Wildman–Crippen LogP) is 0.266. The Morgan fingerprint density at radius 3 is 2.07 bits per heavy atom. The first-order valence-corrected chi connectivity index (χ1v) is 3.97. The van der Waals surface area contributed by atoms with Crippen LogP contribution in [0.1, 0.15) is 6.92 Å². The third-order valence-electron chi connectivity index (χ3n) is 1.21. The van der Waals surface area contributed by atoms with Gasteiger partial charge in [-0.25, -0.2) is 9.59 Å². The van der Waals surface area contributed by atoms with Crippen LogP contribution in [0.15, 0.2) is 0 Å². The van der Waals surface area contributed by atoms with E-state index in [0.717, 1.165) is 6.92 Å². The van der Waals surface area contributed by atoms with Gasteiger partial charge in [-0.2, -0.15) is 25.8 Å². The van der Waals surface area contributed by atoms with E-state index in [0.29, 0.717) is 0 Å². The summed E-state index contributed by atoms with van der Waals surface area (Å²) in [4.78, 5) is 21.0. The molecule has 0 rings (SSSR count). The van der Waals surface area contributed by atoms with Gasteiger partial charge < -0.3 is 10.5 Å². The standard InChI is InChI=1S/C6H8F3NO3S/c1-5(10,2-14)3(11)13-4(12)6(7,8)9/h14H,2,10H2,1H3/t5-/m0/s1. The molecule has 0 aliphatic heterocycles. The van der Waals surface area contributed by atoms with E-state index in [4.69, 9.17) is 5.73 Å². The average molecular weight is 231 g/mol. The Hall–Kier alpha value is -0.760. The topological polar surface area (TPSA) is 69.4 Å². The van der Waals surface area contributed by atoms with E-state index >= 15 is 0 Å². The molecule has 14 heavy (non-hydrogen) atoms. The second kappa shape index (κ2) is 4.18. The summed E-state index contributed by atoms with van der Waals surface area (Å²) in [5.41, 5.74) is 3.46. The van der Waals surface area contributed by atoms with Gasteiger partial charge in [0.25, 0.3) is 0 Å². The van der Waals surface area contributed by atoms with E-state index in [1.807, 2.05) is 0 Å². The Morgan fingerprint density at radius 2 is 1.79 bits per heavy atom. The van der Waals surface area contributed by atoms with Crippen molar-refractivity contribution in [3.8, 4) is 0 Å². The van der Waals surface area contributed by atoms with Crippen molar-refractivity contribution in [3.63, 3.8) is 0 Å². The summed E-state index contributed by atoms with van der Waals surface area (Å²) in [7, 11) is 0. The lowest BCUT2D eigenvalue weighted by Crippen LogP contribution is -2.49. The number of thiol groups is 1. The zero-order chi connectivity index (χ0) is 11.6. The highest BCUT2D eigenvalue weighted by atomic mass is 32.1. The molecule has 0 aromatic heterocycles. The van der Waals surface area contributed by atoms with Gasteiger partial charge in [-0.05, 0) is 6.92 Å². The van der Waals surface area contributed by atoms with Crippen LogP contribution in [-0.2, 0) is 14.3 Å². The fraction of sp³-hybridized carbons (Fsp3) is 0.667. The molecule has 0 aromatic carbocycles. The van der Waals surface area contributed by atoms with Gasteiger partial charge >= 0.3 is 18.1 Å². The SMILES string of the molecule is C[C@](N)(CS)C(=O)OC(=O)C(F)(F)F. The molecule has 0 heterocycles. The molecule has 0 unspecified atom stereocenters. The molecule has 0 saturated carbocycles. The lowest BCUT2D eigenvalue weighted by molar-refractivity contribution is -0.203. The van der Waals surface area contributed by atoms with Crippen LogP contribution in [0.4, 0.5) is 13.2 Å². The minimum absolute atomic E-state index is 0.239. The summed E-state index contributed by atoms with van der Waals surface area (Å²) in [5, 5.41) is 0. The van der Waals surface area contributed by atoms with Gasteiger partial charge in [0.05, 0.1) is 0 Å². The number of rotatable bonds is 2. The number of carbonyl (C=O) groups is 2. The van der Waals surface area contributed by atoms with Gasteiger partial charge in [-0.15, -0.1) is 0 Å². The molecule has 8 heteroatoms. The minimum Gasteiger partial charge on any atom is -0.385 e. The molecule has 4 nitrogen and oxygen atoms in total. The minimum atomic E-state index is -5.21. The van der Waals surface area contributed by atoms with E-state index in [1.165, 1.54) is 0 Å². The van der Waals surface area contributed by atoms with Crippen LogP contribution < -0.4 is 5.73 Å². The van der Waals surface area contributed by atoms with Crippen molar-refractivity contribution in [1.82, 2.24) is 0 Å². The molecule has 0 aliphatic rings. The van der Waals surface area contributed by atoms with E-state index in [9.17, 15) is 22.8 Å². The van der Waals surface area contributed by atoms with Gasteiger partial charge in [0, 0.05) is 5.75 Å². The largest absolute Gasteiger partial charge is 0.491 e. The monoisotopic (exact) mass is 231 g/mol. The van der Waals surface area contributed by atoms with Crippen LogP contribution in [0.5, 0.6) is 0 Å². The highest BCUT2D eigenvalue weighted by Crippen LogP contribution is 2.18. The zero-order valence-corrected chi connectivity index (χ0v) is 7.98. The van der Waals surface area contributed by atoms with Crippen LogP contribution in [0.3, 0.4) is 0 Å². The third kappa shape index (κ3) is 3.54. The molecule has 0 radical (unpaired) electrons. The van der Waals surface area contributed by atoms with Crippen LogP contribution in [-0.4, -0.2) is 29.4 Å². The lowest BCUT2D eigenvalue weighted by atomic mass is 10.1. The van der Waals surface area contributed by atoms with Gasteiger partial charge in [-0.1, -0.05) is 0 Å². The molecule has 0 bridgehead atoms. The Bertz CT molecular complexity index is 251. The Labute approximate surface area is 83.0 Å². The van der Waals surface area contributed by atoms with Crippen LogP contribution >= 0.6 is 12.6 Å². The summed E-state index contributed by atoms with van der Waals surface area (Å²) < 4.78 is 38.3. The molecule has 1 atom stereocenters. The normalized spacial score (nSPS) is 15.9. The van der Waals surface area contributed by atoms with Gasteiger partial charge in [-0.3, -0.25) is 0 Å². The Kier molecular flexibility index (Phi) is 3.95. The van der Waals surface area contributed by atoms with Gasteiger partial charge in [0.1, 0.15) is 5.54 Å².